The fourth-order valence-corrected chi connectivity index (χ4v) is 1.30. The quantitative estimate of drug-likeness (QED) is 0.740. The number of ether oxygens (including phenoxy) is 1. The van der Waals surface area contributed by atoms with Gasteiger partial charge in [-0.1, -0.05) is 30.3 Å². The molecule has 0 atom stereocenters. The molecule has 0 bridgehead atoms. The van der Waals surface area contributed by atoms with Crippen LogP contribution in [-0.2, 0) is 9.53 Å². The van der Waals surface area contributed by atoms with Crippen LogP contribution in [0.1, 0.15) is 5.56 Å². The van der Waals surface area contributed by atoms with E-state index in [1.54, 1.807) is 13.2 Å². The van der Waals surface area contributed by atoms with Crippen LogP contribution in [0.4, 0.5) is 0 Å². The highest BCUT2D eigenvalue weighted by Crippen LogP contribution is 2.14. The minimum absolute atomic E-state index is 0.0296. The fraction of sp³-hybridized carbons (Fsp3) is 0.250. The van der Waals surface area contributed by atoms with Gasteiger partial charge in [-0.15, -0.1) is 0 Å². The summed E-state index contributed by atoms with van der Waals surface area (Å²) in [6.07, 6.45) is 1.69. The minimum atomic E-state index is -0.0296. The number of ketones is 1. The first-order chi connectivity index (χ1) is 7.29. The van der Waals surface area contributed by atoms with E-state index in [0.717, 1.165) is 5.56 Å². The van der Waals surface area contributed by atoms with Crippen LogP contribution in [-0.4, -0.2) is 26.5 Å². The van der Waals surface area contributed by atoms with Crippen molar-refractivity contribution in [3.8, 4) is 0 Å². The molecule has 0 saturated heterocycles. The van der Waals surface area contributed by atoms with Crippen LogP contribution in [0, 0.1) is 0 Å². The lowest BCUT2D eigenvalue weighted by Crippen LogP contribution is -2.11. The number of Topliss-reactive ketones (excluding diaryl/α,β-unsaturated/α-hetero) is 1. The van der Waals surface area contributed by atoms with Crippen LogP contribution in [0.5, 0.6) is 0 Å². The molecule has 0 saturated carbocycles. The monoisotopic (exact) mass is 205 g/mol. The molecular weight excluding hydrogens is 190 g/mol. The maximum atomic E-state index is 11.7. The average molecular weight is 205 g/mol. The molecule has 1 N–H and O–H groups in total. The predicted octanol–water partition coefficient (Wildman–Crippen LogP) is 1.46. The van der Waals surface area contributed by atoms with E-state index in [1.165, 1.54) is 7.11 Å². The third-order valence-corrected chi connectivity index (χ3v) is 1.95. The van der Waals surface area contributed by atoms with Gasteiger partial charge in [-0.2, -0.15) is 0 Å². The lowest BCUT2D eigenvalue weighted by Gasteiger charge is -2.06. The number of hydrogen-bond donors (Lipinski definition) is 1. The van der Waals surface area contributed by atoms with E-state index in [9.17, 15) is 4.79 Å². The van der Waals surface area contributed by atoms with Gasteiger partial charge >= 0.3 is 0 Å². The molecule has 3 heteroatoms. The predicted molar refractivity (Wildman–Crippen MR) is 60.4 cm³/mol. The first-order valence-electron chi connectivity index (χ1n) is 4.74. The van der Waals surface area contributed by atoms with Crippen molar-refractivity contribution in [3.63, 3.8) is 0 Å². The smallest absolute Gasteiger partial charge is 0.190 e. The maximum absolute atomic E-state index is 11.7. The molecule has 0 unspecified atom stereocenters. The highest BCUT2D eigenvalue weighted by molar-refractivity contribution is 6.21. The lowest BCUT2D eigenvalue weighted by atomic mass is 10.0. The van der Waals surface area contributed by atoms with Gasteiger partial charge in [-0.05, 0) is 5.56 Å². The van der Waals surface area contributed by atoms with Crippen molar-refractivity contribution in [2.45, 2.75) is 0 Å². The number of carbonyl (C=O) groups is 1. The molecule has 15 heavy (non-hydrogen) atoms. The van der Waals surface area contributed by atoms with Crippen molar-refractivity contribution in [3.05, 3.63) is 42.1 Å². The summed E-state index contributed by atoms with van der Waals surface area (Å²) in [5.74, 6) is -0.0296. The molecule has 0 heterocycles. The van der Waals surface area contributed by atoms with Gasteiger partial charge in [0.05, 0.1) is 0 Å². The summed E-state index contributed by atoms with van der Waals surface area (Å²) in [4.78, 5) is 11.7. The average Bonchev–Trinajstić information content (AvgIpc) is 2.27. The summed E-state index contributed by atoms with van der Waals surface area (Å²) in [7, 11) is 3.28. The fourth-order valence-electron chi connectivity index (χ4n) is 1.30. The zero-order valence-corrected chi connectivity index (χ0v) is 8.99. The molecule has 0 aliphatic rings. The van der Waals surface area contributed by atoms with Gasteiger partial charge < -0.3 is 10.1 Å². The van der Waals surface area contributed by atoms with Crippen molar-refractivity contribution < 1.29 is 9.53 Å². The van der Waals surface area contributed by atoms with E-state index in [2.05, 4.69) is 5.32 Å². The Morgan fingerprint density at radius 2 is 2.07 bits per heavy atom. The van der Waals surface area contributed by atoms with E-state index < -0.39 is 0 Å². The van der Waals surface area contributed by atoms with Crippen LogP contribution in [0.2, 0.25) is 0 Å². The summed E-state index contributed by atoms with van der Waals surface area (Å²) in [6, 6.07) is 9.52. The summed E-state index contributed by atoms with van der Waals surface area (Å²) in [5, 5.41) is 2.87. The van der Waals surface area contributed by atoms with Crippen molar-refractivity contribution in [1.82, 2.24) is 5.32 Å². The van der Waals surface area contributed by atoms with Crippen LogP contribution in [0.3, 0.4) is 0 Å². The number of methoxy groups -OCH3 is 1. The largest absolute Gasteiger partial charge is 0.393 e. The second-order valence-corrected chi connectivity index (χ2v) is 3.07. The summed E-state index contributed by atoms with van der Waals surface area (Å²) in [6.45, 7) is 0.0996. The summed E-state index contributed by atoms with van der Waals surface area (Å²) >= 11 is 0. The van der Waals surface area contributed by atoms with Crippen molar-refractivity contribution in [1.29, 1.82) is 0 Å². The Kier molecular flexibility index (Phi) is 4.57. The van der Waals surface area contributed by atoms with E-state index >= 15 is 0 Å². The van der Waals surface area contributed by atoms with Gasteiger partial charge in [-0.25, -0.2) is 0 Å². The third kappa shape index (κ3) is 3.22. The Balaban J connectivity index is 2.94. The van der Waals surface area contributed by atoms with Gasteiger partial charge in [0.15, 0.2) is 5.78 Å². The van der Waals surface area contributed by atoms with Crippen molar-refractivity contribution in [2.75, 3.05) is 20.8 Å². The standard InChI is InChI=1S/C12H15NO2/c1-13-8-11(12(14)9-15-2)10-6-4-3-5-7-10/h3-8,13H,9H2,1-2H3. The molecule has 0 aliphatic carbocycles. The molecule has 1 aromatic rings. The molecule has 3 nitrogen and oxygen atoms in total. The van der Waals surface area contributed by atoms with Crippen molar-refractivity contribution in [2.24, 2.45) is 0 Å². The van der Waals surface area contributed by atoms with E-state index in [4.69, 9.17) is 4.74 Å². The molecule has 80 valence electrons. The third-order valence-electron chi connectivity index (χ3n) is 1.95. The summed E-state index contributed by atoms with van der Waals surface area (Å²) in [5.41, 5.74) is 1.54. The van der Waals surface area contributed by atoms with E-state index in [0.29, 0.717) is 5.57 Å². The molecule has 0 radical (unpaired) electrons. The molecule has 0 aliphatic heterocycles. The lowest BCUT2D eigenvalue weighted by molar-refractivity contribution is -0.117. The SMILES string of the molecule is CNC=C(C(=O)COC)c1ccccc1. The van der Waals surface area contributed by atoms with Gasteiger partial charge in [0, 0.05) is 25.9 Å². The first kappa shape index (κ1) is 11.5. The molecule has 0 spiro atoms. The van der Waals surface area contributed by atoms with Crippen LogP contribution in [0.15, 0.2) is 36.5 Å². The van der Waals surface area contributed by atoms with Crippen LogP contribution in [0.25, 0.3) is 5.57 Å². The molecule has 0 aromatic heterocycles. The van der Waals surface area contributed by atoms with Gasteiger partial charge in [-0.3, -0.25) is 4.79 Å². The highest BCUT2D eigenvalue weighted by atomic mass is 16.5. The van der Waals surface area contributed by atoms with E-state index in [-0.39, 0.29) is 12.4 Å². The Morgan fingerprint density at radius 3 is 2.60 bits per heavy atom. The van der Waals surface area contributed by atoms with E-state index in [1.807, 2.05) is 30.3 Å². The Labute approximate surface area is 89.8 Å². The molecular formula is C12H15NO2. The summed E-state index contributed by atoms with van der Waals surface area (Å²) < 4.78 is 4.83. The number of carbonyl (C=O) groups excluding carboxylic acids is 1. The first-order valence-corrected chi connectivity index (χ1v) is 4.74. The van der Waals surface area contributed by atoms with Gasteiger partial charge in [0.2, 0.25) is 0 Å². The van der Waals surface area contributed by atoms with Gasteiger partial charge in [0.25, 0.3) is 0 Å². The normalized spacial score (nSPS) is 11.2. The molecule has 0 amide bonds. The second kappa shape index (κ2) is 5.98. The Bertz CT molecular complexity index is 344. The Morgan fingerprint density at radius 1 is 1.40 bits per heavy atom. The Hall–Kier alpha value is -1.61. The maximum Gasteiger partial charge on any atom is 0.190 e. The molecule has 1 aromatic carbocycles. The van der Waals surface area contributed by atoms with Gasteiger partial charge in [0.1, 0.15) is 6.61 Å². The van der Waals surface area contributed by atoms with Crippen LogP contribution < -0.4 is 5.32 Å². The number of hydrogen-bond acceptors (Lipinski definition) is 3. The number of nitrogens with one attached hydrogen (secondary N) is 1. The zero-order valence-electron chi connectivity index (χ0n) is 8.99. The van der Waals surface area contributed by atoms with Crippen LogP contribution >= 0.6 is 0 Å². The number of rotatable bonds is 5. The molecule has 1 rings (SSSR count). The number of benzene rings is 1. The van der Waals surface area contributed by atoms with Crippen molar-refractivity contribution >= 4 is 11.4 Å². The zero-order chi connectivity index (χ0) is 11.1. The second-order valence-electron chi connectivity index (χ2n) is 3.07. The minimum Gasteiger partial charge on any atom is -0.393 e. The highest BCUT2D eigenvalue weighted by Gasteiger charge is 2.10. The topological polar surface area (TPSA) is 38.3 Å². The molecule has 0 fully saturated rings.